The molecule has 1 aromatic heterocycles. The van der Waals surface area contributed by atoms with Crippen molar-refractivity contribution in [2.24, 2.45) is 5.92 Å². The lowest BCUT2D eigenvalue weighted by molar-refractivity contribution is -0.185. The summed E-state index contributed by atoms with van der Waals surface area (Å²) in [4.78, 5) is 1.58. The molecule has 2 heterocycles. The molecule has 1 aliphatic heterocycles. The number of nitrogens with zero attached hydrogens (tertiary/aromatic N) is 4. The van der Waals surface area contributed by atoms with Gasteiger partial charge < -0.3 is 10.1 Å². The summed E-state index contributed by atoms with van der Waals surface area (Å²) < 4.78 is 86.9. The number of aromatic nitrogens is 4. The minimum atomic E-state index is -4.68. The van der Waals surface area contributed by atoms with Crippen LogP contribution in [0, 0.1) is 5.92 Å². The van der Waals surface area contributed by atoms with Crippen LogP contribution in [-0.4, -0.2) is 45.6 Å². The molecule has 1 aliphatic carbocycles. The second-order valence-electron chi connectivity index (χ2n) is 10.5. The summed E-state index contributed by atoms with van der Waals surface area (Å²) in [5, 5.41) is 16.6. The summed E-state index contributed by atoms with van der Waals surface area (Å²) in [6.07, 6.45) is -6.51. The largest absolute Gasteiger partial charge is 0.490 e. The Kier molecular flexibility index (Phi) is 8.02. The molecular formula is C27H31F6N5O. The van der Waals surface area contributed by atoms with Gasteiger partial charge in [0, 0.05) is 5.92 Å². The van der Waals surface area contributed by atoms with Crippen molar-refractivity contribution in [3.63, 3.8) is 0 Å². The van der Waals surface area contributed by atoms with E-state index in [-0.39, 0.29) is 36.8 Å². The number of piperidine rings is 1. The number of hydrogen-bond donors (Lipinski definition) is 1. The molecule has 39 heavy (non-hydrogen) atoms. The van der Waals surface area contributed by atoms with E-state index in [1.807, 2.05) is 0 Å². The molecule has 0 unspecified atom stereocenters. The Bertz CT molecular complexity index is 1260. The molecule has 5 rings (SSSR count). The fourth-order valence-electron chi connectivity index (χ4n) is 5.61. The second-order valence-corrected chi connectivity index (χ2v) is 10.5. The van der Waals surface area contributed by atoms with E-state index in [0.717, 1.165) is 37.3 Å². The van der Waals surface area contributed by atoms with Gasteiger partial charge in [0.2, 0.25) is 0 Å². The summed E-state index contributed by atoms with van der Waals surface area (Å²) in [5.41, 5.74) is -0.00443. The lowest BCUT2D eigenvalue weighted by Crippen LogP contribution is -2.32. The van der Waals surface area contributed by atoms with Crippen LogP contribution in [0.4, 0.5) is 26.3 Å². The van der Waals surface area contributed by atoms with Crippen LogP contribution < -0.4 is 10.1 Å². The molecule has 0 radical (unpaired) electrons. The molecule has 212 valence electrons. The summed E-state index contributed by atoms with van der Waals surface area (Å²) in [7, 11) is 0. The fraction of sp³-hybridized carbons (Fsp3) is 0.593. The molecule has 12 heteroatoms. The zero-order valence-electron chi connectivity index (χ0n) is 21.4. The first kappa shape index (κ1) is 27.7. The third-order valence-corrected chi connectivity index (χ3v) is 7.76. The molecule has 2 fully saturated rings. The molecule has 2 aliphatic rings. The molecule has 3 aromatic rings. The smallest absolute Gasteiger partial charge is 0.420 e. The Morgan fingerprint density at radius 1 is 0.923 bits per heavy atom. The Morgan fingerprint density at radius 2 is 1.67 bits per heavy atom. The van der Waals surface area contributed by atoms with Gasteiger partial charge in [-0.05, 0) is 92.1 Å². The minimum absolute atomic E-state index is 0.0114. The average molecular weight is 556 g/mol. The Hall–Kier alpha value is -2.89. The molecule has 0 atom stereocenters. The van der Waals surface area contributed by atoms with Crippen LogP contribution in [0.2, 0.25) is 0 Å². The Balaban J connectivity index is 1.24. The van der Waals surface area contributed by atoms with Gasteiger partial charge in [-0.3, -0.25) is 0 Å². The number of tetrazole rings is 1. The number of rotatable bonds is 7. The number of halogens is 6. The quantitative estimate of drug-likeness (QED) is 0.340. The number of nitrogens with one attached hydrogen (secondary N) is 1. The van der Waals surface area contributed by atoms with Crippen molar-refractivity contribution < 1.29 is 31.1 Å². The van der Waals surface area contributed by atoms with Gasteiger partial charge >= 0.3 is 12.4 Å². The van der Waals surface area contributed by atoms with E-state index in [1.165, 1.54) is 12.1 Å². The highest BCUT2D eigenvalue weighted by Gasteiger charge is 2.42. The standard InChI is InChI=1S/C27H31F6N5O/c28-26(29,30)20-5-7-21(8-6-20)39-23-10-4-19-16-17(3-9-22(19)24(23)27(31,32)33)2-1-15-38-36-25(35-37-38)18-11-13-34-14-12-18/h3-4,9-10,16,18,20-21,34H,1-2,5-8,11-15H2. The fourth-order valence-corrected chi connectivity index (χ4v) is 5.61. The normalized spacial score (nSPS) is 21.4. The van der Waals surface area contributed by atoms with Crippen LogP contribution in [0.5, 0.6) is 5.75 Å². The summed E-state index contributed by atoms with van der Waals surface area (Å²) in [5.74, 6) is -0.688. The predicted molar refractivity (Wildman–Crippen MR) is 132 cm³/mol. The molecule has 1 N–H and O–H groups in total. The van der Waals surface area contributed by atoms with E-state index in [9.17, 15) is 26.3 Å². The maximum absolute atomic E-state index is 14.1. The second kappa shape index (κ2) is 11.3. The zero-order valence-corrected chi connectivity index (χ0v) is 21.4. The van der Waals surface area contributed by atoms with Crippen molar-refractivity contribution in [3.8, 4) is 5.75 Å². The predicted octanol–water partition coefficient (Wildman–Crippen LogP) is 6.44. The van der Waals surface area contributed by atoms with Crippen molar-refractivity contribution >= 4 is 10.8 Å². The topological polar surface area (TPSA) is 64.9 Å². The van der Waals surface area contributed by atoms with Crippen LogP contribution in [-0.2, 0) is 19.1 Å². The van der Waals surface area contributed by atoms with Crippen LogP contribution in [0.25, 0.3) is 10.8 Å². The minimum Gasteiger partial charge on any atom is -0.490 e. The Morgan fingerprint density at radius 3 is 2.36 bits per heavy atom. The zero-order chi connectivity index (χ0) is 27.6. The first-order chi connectivity index (χ1) is 18.6. The van der Waals surface area contributed by atoms with E-state index < -0.39 is 29.9 Å². The number of alkyl halides is 6. The highest BCUT2D eigenvalue weighted by molar-refractivity contribution is 5.89. The van der Waals surface area contributed by atoms with Gasteiger partial charge in [0.15, 0.2) is 5.82 Å². The van der Waals surface area contributed by atoms with Crippen molar-refractivity contribution in [3.05, 3.63) is 47.3 Å². The van der Waals surface area contributed by atoms with Crippen molar-refractivity contribution in [2.75, 3.05) is 13.1 Å². The first-order valence-corrected chi connectivity index (χ1v) is 13.4. The highest BCUT2D eigenvalue weighted by Crippen LogP contribution is 2.44. The van der Waals surface area contributed by atoms with Gasteiger partial charge in [0.1, 0.15) is 11.3 Å². The third kappa shape index (κ3) is 6.64. The number of hydrogen-bond acceptors (Lipinski definition) is 5. The van der Waals surface area contributed by atoms with Crippen molar-refractivity contribution in [2.45, 2.75) is 82.3 Å². The molecule has 1 saturated heterocycles. The van der Waals surface area contributed by atoms with Gasteiger partial charge in [0.05, 0.1) is 18.6 Å². The molecule has 6 nitrogen and oxygen atoms in total. The molecular weight excluding hydrogens is 524 g/mol. The number of benzene rings is 2. The molecule has 0 spiro atoms. The third-order valence-electron chi connectivity index (χ3n) is 7.76. The Labute approximate surface area is 222 Å². The maximum atomic E-state index is 14.1. The van der Waals surface area contributed by atoms with E-state index in [1.54, 1.807) is 23.0 Å². The van der Waals surface area contributed by atoms with Gasteiger partial charge in [-0.1, -0.05) is 24.3 Å². The van der Waals surface area contributed by atoms with Gasteiger partial charge in [0.25, 0.3) is 0 Å². The number of fused-ring (bicyclic) bond motifs is 1. The highest BCUT2D eigenvalue weighted by atomic mass is 19.4. The maximum Gasteiger partial charge on any atom is 0.420 e. The lowest BCUT2D eigenvalue weighted by atomic mass is 9.87. The van der Waals surface area contributed by atoms with E-state index in [0.29, 0.717) is 30.7 Å². The summed E-state index contributed by atoms with van der Waals surface area (Å²) in [6, 6.07) is 7.72. The van der Waals surface area contributed by atoms with E-state index in [2.05, 4.69) is 20.7 Å². The van der Waals surface area contributed by atoms with Crippen LogP contribution in [0.15, 0.2) is 30.3 Å². The number of aryl methyl sites for hydroxylation is 2. The van der Waals surface area contributed by atoms with E-state index in [4.69, 9.17) is 4.74 Å². The summed E-state index contributed by atoms with van der Waals surface area (Å²) >= 11 is 0. The van der Waals surface area contributed by atoms with Crippen LogP contribution >= 0.6 is 0 Å². The van der Waals surface area contributed by atoms with E-state index >= 15 is 0 Å². The lowest BCUT2D eigenvalue weighted by Gasteiger charge is -2.31. The van der Waals surface area contributed by atoms with Gasteiger partial charge in [-0.2, -0.15) is 31.1 Å². The number of ether oxygens (including phenoxy) is 1. The van der Waals surface area contributed by atoms with Crippen molar-refractivity contribution in [1.82, 2.24) is 25.5 Å². The monoisotopic (exact) mass is 555 g/mol. The molecule has 0 amide bonds. The molecule has 2 aromatic carbocycles. The van der Waals surface area contributed by atoms with Crippen molar-refractivity contribution in [1.29, 1.82) is 0 Å². The first-order valence-electron chi connectivity index (χ1n) is 13.4. The van der Waals surface area contributed by atoms with Crippen LogP contribution in [0.1, 0.15) is 67.8 Å². The van der Waals surface area contributed by atoms with Gasteiger partial charge in [-0.25, -0.2) is 0 Å². The summed E-state index contributed by atoms with van der Waals surface area (Å²) in [6.45, 7) is 2.43. The molecule has 0 bridgehead atoms. The molecule has 1 saturated carbocycles. The SMILES string of the molecule is FC(F)(F)c1c(OC2CCC(C(F)(F)F)CC2)ccc2cc(CCCn3nnc(C4CCNCC4)n3)ccc12. The van der Waals surface area contributed by atoms with Crippen LogP contribution in [0.3, 0.4) is 0 Å². The average Bonchev–Trinajstić information content (AvgIpc) is 3.37. The van der Waals surface area contributed by atoms with Gasteiger partial charge in [-0.15, -0.1) is 10.2 Å².